The van der Waals surface area contributed by atoms with E-state index >= 15 is 0 Å². The Kier molecular flexibility index (Phi) is 4.37. The summed E-state index contributed by atoms with van der Waals surface area (Å²) in [4.78, 5) is 23.9. The molecule has 0 bridgehead atoms. The molecule has 1 fully saturated rings. The maximum Gasteiger partial charge on any atom is 0.225 e. The Hall–Kier alpha value is -1.73. The minimum Gasteiger partial charge on any atom is -0.381 e. The molecule has 25 heavy (non-hydrogen) atoms. The van der Waals surface area contributed by atoms with Crippen molar-refractivity contribution in [2.45, 2.75) is 45.4 Å². The van der Waals surface area contributed by atoms with Crippen molar-refractivity contribution in [1.29, 1.82) is 0 Å². The number of nitrogens with two attached hydrogens (primary N) is 1. The van der Waals surface area contributed by atoms with Crippen LogP contribution in [-0.2, 0) is 22.4 Å². The lowest BCUT2D eigenvalue weighted by Gasteiger charge is -2.34. The molecule has 0 unspecified atom stereocenters. The molecule has 0 radical (unpaired) electrons. The number of nitrogens with zero attached hydrogens (tertiary/aromatic N) is 2. The Balaban J connectivity index is 1.69. The van der Waals surface area contributed by atoms with Crippen molar-refractivity contribution in [2.75, 3.05) is 25.1 Å². The number of aryl methyl sites for hydroxylation is 3. The summed E-state index contributed by atoms with van der Waals surface area (Å²) >= 11 is 1.79. The van der Waals surface area contributed by atoms with Gasteiger partial charge >= 0.3 is 0 Å². The van der Waals surface area contributed by atoms with Crippen molar-refractivity contribution in [1.82, 2.24) is 9.97 Å². The molecule has 2 aliphatic rings. The average molecular weight is 360 g/mol. The third-order valence-corrected chi connectivity index (χ3v) is 6.68. The van der Waals surface area contributed by atoms with Crippen LogP contribution in [0.4, 0.5) is 5.82 Å². The van der Waals surface area contributed by atoms with Gasteiger partial charge in [-0.25, -0.2) is 9.97 Å². The quantitative estimate of drug-likeness (QED) is 0.874. The van der Waals surface area contributed by atoms with Crippen molar-refractivity contribution >= 4 is 33.3 Å². The minimum atomic E-state index is -0.556. The first-order valence-electron chi connectivity index (χ1n) is 8.99. The molecular formula is C18H24N4O2S. The summed E-state index contributed by atoms with van der Waals surface area (Å²) in [5, 5.41) is 4.61. The van der Waals surface area contributed by atoms with Crippen molar-refractivity contribution in [3.8, 4) is 0 Å². The Bertz CT molecular complexity index is 811. The van der Waals surface area contributed by atoms with E-state index < -0.39 is 5.41 Å². The molecule has 1 amide bonds. The van der Waals surface area contributed by atoms with E-state index in [-0.39, 0.29) is 5.91 Å². The molecule has 3 N–H and O–H groups in total. The smallest absolute Gasteiger partial charge is 0.225 e. The van der Waals surface area contributed by atoms with Crippen molar-refractivity contribution in [3.63, 3.8) is 0 Å². The molecule has 1 saturated heterocycles. The van der Waals surface area contributed by atoms with Crippen LogP contribution < -0.4 is 11.1 Å². The van der Waals surface area contributed by atoms with Crippen LogP contribution in [0.5, 0.6) is 0 Å². The highest BCUT2D eigenvalue weighted by Crippen LogP contribution is 2.39. The predicted octanol–water partition coefficient (Wildman–Crippen LogP) is 2.57. The van der Waals surface area contributed by atoms with Gasteiger partial charge in [-0.1, -0.05) is 0 Å². The van der Waals surface area contributed by atoms with Crippen molar-refractivity contribution < 1.29 is 9.53 Å². The van der Waals surface area contributed by atoms with E-state index in [1.54, 1.807) is 11.3 Å². The first-order valence-corrected chi connectivity index (χ1v) is 9.81. The number of hydrogen-bond donors (Lipinski definition) is 2. The molecule has 134 valence electrons. The molecule has 1 aliphatic carbocycles. The molecular weight excluding hydrogens is 336 g/mol. The lowest BCUT2D eigenvalue weighted by molar-refractivity contribution is -0.132. The molecule has 0 aromatic carbocycles. The van der Waals surface area contributed by atoms with Gasteiger partial charge in [0.05, 0.1) is 10.8 Å². The van der Waals surface area contributed by atoms with Gasteiger partial charge in [0.25, 0.3) is 0 Å². The number of rotatable bonds is 4. The zero-order valence-electron chi connectivity index (χ0n) is 14.6. The predicted molar refractivity (Wildman–Crippen MR) is 99.0 cm³/mol. The van der Waals surface area contributed by atoms with E-state index in [0.29, 0.717) is 32.6 Å². The van der Waals surface area contributed by atoms with Crippen LogP contribution in [0, 0.1) is 12.3 Å². The molecule has 4 rings (SSSR count). The number of thiophene rings is 1. The number of nitrogens with one attached hydrogen (secondary N) is 1. The molecule has 6 nitrogen and oxygen atoms in total. The first kappa shape index (κ1) is 16.7. The third kappa shape index (κ3) is 3.00. The van der Waals surface area contributed by atoms with Crippen LogP contribution in [0.2, 0.25) is 0 Å². The minimum absolute atomic E-state index is 0.252. The first-order chi connectivity index (χ1) is 12.1. The summed E-state index contributed by atoms with van der Waals surface area (Å²) in [7, 11) is 0. The lowest BCUT2D eigenvalue weighted by atomic mass is 9.79. The normalized spacial score (nSPS) is 19.6. The largest absolute Gasteiger partial charge is 0.381 e. The fourth-order valence-corrected chi connectivity index (χ4v) is 5.22. The Labute approximate surface area is 151 Å². The number of aromatic nitrogens is 2. The van der Waals surface area contributed by atoms with E-state index in [9.17, 15) is 4.79 Å². The van der Waals surface area contributed by atoms with Gasteiger partial charge in [-0.3, -0.25) is 4.79 Å². The second-order valence-electron chi connectivity index (χ2n) is 7.12. The maximum absolute atomic E-state index is 12.1. The maximum atomic E-state index is 12.1. The van der Waals surface area contributed by atoms with Crippen LogP contribution in [0.1, 0.15) is 41.9 Å². The van der Waals surface area contributed by atoms with Crippen LogP contribution in [0.15, 0.2) is 0 Å². The van der Waals surface area contributed by atoms with Crippen LogP contribution in [0.3, 0.4) is 0 Å². The van der Waals surface area contributed by atoms with Gasteiger partial charge in [-0.2, -0.15) is 0 Å². The number of ether oxygens (including phenoxy) is 1. The molecule has 2 aromatic heterocycles. The van der Waals surface area contributed by atoms with Gasteiger partial charge in [0.1, 0.15) is 16.5 Å². The van der Waals surface area contributed by atoms with Gasteiger partial charge in [0.15, 0.2) is 0 Å². The number of carbonyl (C=O) groups excluding carboxylic acids is 1. The molecule has 0 saturated carbocycles. The number of amides is 1. The fraction of sp³-hybridized carbons (Fsp3) is 0.611. The number of hydrogen-bond acceptors (Lipinski definition) is 6. The zero-order chi connectivity index (χ0) is 17.4. The second-order valence-corrected chi connectivity index (χ2v) is 8.20. The Morgan fingerprint density at radius 3 is 2.80 bits per heavy atom. The van der Waals surface area contributed by atoms with E-state index in [1.807, 2.05) is 6.92 Å². The highest BCUT2D eigenvalue weighted by molar-refractivity contribution is 7.19. The van der Waals surface area contributed by atoms with E-state index in [0.717, 1.165) is 34.7 Å². The van der Waals surface area contributed by atoms with E-state index in [2.05, 4.69) is 15.3 Å². The third-order valence-electron chi connectivity index (χ3n) is 5.49. The molecule has 0 spiro atoms. The lowest BCUT2D eigenvalue weighted by Crippen LogP contribution is -2.46. The van der Waals surface area contributed by atoms with E-state index in [1.165, 1.54) is 23.3 Å². The average Bonchev–Trinajstić information content (AvgIpc) is 2.98. The Morgan fingerprint density at radius 2 is 2.04 bits per heavy atom. The van der Waals surface area contributed by atoms with Gasteiger partial charge in [0, 0.05) is 24.6 Å². The molecule has 3 heterocycles. The second kappa shape index (κ2) is 6.53. The summed E-state index contributed by atoms with van der Waals surface area (Å²) in [6, 6.07) is 0. The van der Waals surface area contributed by atoms with Gasteiger partial charge in [-0.05, 0) is 51.0 Å². The van der Waals surface area contributed by atoms with E-state index in [4.69, 9.17) is 10.5 Å². The summed E-state index contributed by atoms with van der Waals surface area (Å²) in [5.74, 6) is 1.36. The number of anilines is 1. The fourth-order valence-electron chi connectivity index (χ4n) is 3.92. The van der Waals surface area contributed by atoms with Crippen molar-refractivity contribution in [2.24, 2.45) is 11.1 Å². The molecule has 7 heteroatoms. The highest BCUT2D eigenvalue weighted by Gasteiger charge is 2.38. The topological polar surface area (TPSA) is 90.1 Å². The van der Waals surface area contributed by atoms with Crippen molar-refractivity contribution in [3.05, 3.63) is 16.3 Å². The zero-order valence-corrected chi connectivity index (χ0v) is 15.4. The number of carbonyl (C=O) groups is 1. The van der Waals surface area contributed by atoms with Gasteiger partial charge in [0.2, 0.25) is 5.91 Å². The number of primary amides is 1. The molecule has 1 aliphatic heterocycles. The molecule has 2 aromatic rings. The Morgan fingerprint density at radius 1 is 1.28 bits per heavy atom. The number of fused-ring (bicyclic) bond motifs is 3. The SMILES string of the molecule is Cc1nc(NCC2(C(N)=O)CCOCC2)c2c3c(sc2n1)CCCC3. The highest BCUT2D eigenvalue weighted by atomic mass is 32.1. The van der Waals surface area contributed by atoms with Gasteiger partial charge < -0.3 is 15.8 Å². The summed E-state index contributed by atoms with van der Waals surface area (Å²) in [5.41, 5.74) is 6.58. The summed E-state index contributed by atoms with van der Waals surface area (Å²) in [6.45, 7) is 3.58. The monoisotopic (exact) mass is 360 g/mol. The summed E-state index contributed by atoms with van der Waals surface area (Å²) in [6.07, 6.45) is 6.01. The molecule has 0 atom stereocenters. The van der Waals surface area contributed by atoms with Crippen LogP contribution in [0.25, 0.3) is 10.2 Å². The van der Waals surface area contributed by atoms with Crippen LogP contribution in [-0.4, -0.2) is 35.6 Å². The van der Waals surface area contributed by atoms with Gasteiger partial charge in [-0.15, -0.1) is 11.3 Å². The summed E-state index contributed by atoms with van der Waals surface area (Å²) < 4.78 is 5.42. The van der Waals surface area contributed by atoms with Crippen LogP contribution >= 0.6 is 11.3 Å². The standard InChI is InChI=1S/C18H24N4O2S/c1-11-21-15(20-10-18(17(19)23)6-8-24-9-7-18)14-12-4-2-3-5-13(12)25-16(14)22-11/h2-10H2,1H3,(H2,19,23)(H,20,21,22).